The van der Waals surface area contributed by atoms with Crippen molar-refractivity contribution in [3.63, 3.8) is 0 Å². The molecule has 0 fully saturated rings. The van der Waals surface area contributed by atoms with E-state index in [9.17, 15) is 14.4 Å². The standard InChI is InChI=1S/C66H124O6/c1-4-7-10-13-16-19-22-25-28-30-31-32-33-34-36-38-41-44-47-50-53-56-59-65(68)71-62-63(61-70-64(67)58-55-52-49-46-43-40-37-27-24-21-18-15-12-9-6-3)72-66(69)60-57-54-51-48-45-42-39-35-29-26-23-20-17-14-11-8-5-2/h18,21,27,37,63H,4-17,19-20,22-26,28-36,38-62H2,1-3H3/b21-18-,37-27-. The summed E-state index contributed by atoms with van der Waals surface area (Å²) in [4.78, 5) is 38.3. The van der Waals surface area contributed by atoms with Gasteiger partial charge in [-0.05, 0) is 51.4 Å². The number of carbonyl (C=O) groups excluding carboxylic acids is 3. The molecule has 0 aromatic heterocycles. The van der Waals surface area contributed by atoms with Crippen molar-refractivity contribution in [2.75, 3.05) is 13.2 Å². The molecule has 0 saturated heterocycles. The van der Waals surface area contributed by atoms with Gasteiger partial charge in [0.15, 0.2) is 6.10 Å². The molecule has 0 heterocycles. The van der Waals surface area contributed by atoms with E-state index in [-0.39, 0.29) is 31.1 Å². The summed E-state index contributed by atoms with van der Waals surface area (Å²) in [5.41, 5.74) is 0. The minimum atomic E-state index is -0.773. The van der Waals surface area contributed by atoms with Gasteiger partial charge in [0.05, 0.1) is 0 Å². The first-order valence-electron chi connectivity index (χ1n) is 32.3. The maximum absolute atomic E-state index is 12.9. The monoisotopic (exact) mass is 1010 g/mol. The van der Waals surface area contributed by atoms with Crippen LogP contribution in [0.25, 0.3) is 0 Å². The lowest BCUT2D eigenvalue weighted by atomic mass is 10.0. The molecule has 0 aliphatic heterocycles. The lowest BCUT2D eigenvalue weighted by Crippen LogP contribution is -2.30. The molecule has 424 valence electrons. The van der Waals surface area contributed by atoms with Crippen molar-refractivity contribution in [2.24, 2.45) is 0 Å². The van der Waals surface area contributed by atoms with Gasteiger partial charge in [0.2, 0.25) is 0 Å². The van der Waals surface area contributed by atoms with Crippen LogP contribution in [0.4, 0.5) is 0 Å². The molecule has 0 rings (SSSR count). The number of hydrogen-bond acceptors (Lipinski definition) is 6. The zero-order chi connectivity index (χ0) is 52.2. The summed E-state index contributed by atoms with van der Waals surface area (Å²) >= 11 is 0. The van der Waals surface area contributed by atoms with E-state index in [1.54, 1.807) is 0 Å². The Bertz CT molecular complexity index is 1160. The SMILES string of the molecule is CCCCC/C=C\C/C=C\CCCCCCCC(=O)OCC(COC(=O)CCCCCCCCCCCCCCCCCCCCCCCC)OC(=O)CCCCCCCCCCCCCCCCCCC. The second kappa shape index (κ2) is 61.4. The average molecular weight is 1010 g/mol. The zero-order valence-electron chi connectivity index (χ0n) is 48.7. The molecule has 6 heteroatoms. The second-order valence-electron chi connectivity index (χ2n) is 22.0. The van der Waals surface area contributed by atoms with Crippen molar-refractivity contribution in [1.29, 1.82) is 0 Å². The van der Waals surface area contributed by atoms with Crippen LogP contribution in [0.3, 0.4) is 0 Å². The summed E-state index contributed by atoms with van der Waals surface area (Å²) in [6.45, 7) is 6.68. The Kier molecular flexibility index (Phi) is 59.6. The fourth-order valence-corrected chi connectivity index (χ4v) is 9.83. The van der Waals surface area contributed by atoms with Gasteiger partial charge in [0.1, 0.15) is 13.2 Å². The molecule has 0 aliphatic rings. The van der Waals surface area contributed by atoms with Gasteiger partial charge in [-0.15, -0.1) is 0 Å². The topological polar surface area (TPSA) is 78.9 Å². The van der Waals surface area contributed by atoms with Crippen molar-refractivity contribution in [2.45, 2.75) is 367 Å². The van der Waals surface area contributed by atoms with Gasteiger partial charge in [-0.3, -0.25) is 14.4 Å². The normalized spacial score (nSPS) is 12.1. The van der Waals surface area contributed by atoms with Gasteiger partial charge in [-0.2, -0.15) is 0 Å². The molecule has 0 N–H and O–H groups in total. The van der Waals surface area contributed by atoms with Gasteiger partial charge < -0.3 is 14.2 Å². The van der Waals surface area contributed by atoms with E-state index < -0.39 is 6.10 Å². The van der Waals surface area contributed by atoms with Crippen LogP contribution in [0.2, 0.25) is 0 Å². The van der Waals surface area contributed by atoms with Crippen molar-refractivity contribution in [3.05, 3.63) is 24.3 Å². The molecule has 0 amide bonds. The number of carbonyl (C=O) groups is 3. The maximum Gasteiger partial charge on any atom is 0.306 e. The first-order chi connectivity index (χ1) is 35.5. The molecule has 0 radical (unpaired) electrons. The smallest absolute Gasteiger partial charge is 0.306 e. The Hall–Kier alpha value is -2.11. The largest absolute Gasteiger partial charge is 0.462 e. The number of hydrogen-bond donors (Lipinski definition) is 0. The lowest BCUT2D eigenvalue weighted by molar-refractivity contribution is -0.167. The molecule has 0 bridgehead atoms. The van der Waals surface area contributed by atoms with Crippen molar-refractivity contribution >= 4 is 17.9 Å². The van der Waals surface area contributed by atoms with E-state index >= 15 is 0 Å². The highest BCUT2D eigenvalue weighted by Crippen LogP contribution is 2.18. The molecule has 6 nitrogen and oxygen atoms in total. The van der Waals surface area contributed by atoms with Crippen LogP contribution in [0.15, 0.2) is 24.3 Å². The number of esters is 3. The van der Waals surface area contributed by atoms with Gasteiger partial charge in [0.25, 0.3) is 0 Å². The highest BCUT2D eigenvalue weighted by atomic mass is 16.6. The predicted octanol–water partition coefficient (Wildman–Crippen LogP) is 21.8. The van der Waals surface area contributed by atoms with Crippen molar-refractivity contribution in [1.82, 2.24) is 0 Å². The van der Waals surface area contributed by atoms with Crippen molar-refractivity contribution in [3.8, 4) is 0 Å². The van der Waals surface area contributed by atoms with Crippen LogP contribution in [0, 0.1) is 0 Å². The first kappa shape index (κ1) is 69.9. The molecule has 0 aromatic carbocycles. The van der Waals surface area contributed by atoms with Crippen LogP contribution >= 0.6 is 0 Å². The molecule has 0 aromatic rings. The lowest BCUT2D eigenvalue weighted by Gasteiger charge is -2.18. The highest BCUT2D eigenvalue weighted by Gasteiger charge is 2.19. The predicted molar refractivity (Wildman–Crippen MR) is 312 cm³/mol. The van der Waals surface area contributed by atoms with E-state index in [2.05, 4.69) is 45.1 Å². The third kappa shape index (κ3) is 58.8. The number of allylic oxidation sites excluding steroid dienone is 4. The van der Waals surface area contributed by atoms with Gasteiger partial charge >= 0.3 is 17.9 Å². The Morgan fingerprint density at radius 2 is 0.500 bits per heavy atom. The third-order valence-electron chi connectivity index (χ3n) is 14.7. The Morgan fingerprint density at radius 3 is 0.792 bits per heavy atom. The van der Waals surface area contributed by atoms with Crippen LogP contribution in [-0.4, -0.2) is 37.2 Å². The Balaban J connectivity index is 4.28. The summed E-state index contributed by atoms with van der Waals surface area (Å²) < 4.78 is 16.9. The fraction of sp³-hybridized carbons (Fsp3) is 0.894. The molecule has 0 spiro atoms. The summed E-state index contributed by atoms with van der Waals surface area (Å²) in [6.07, 6.45) is 73.3. The van der Waals surface area contributed by atoms with Crippen LogP contribution < -0.4 is 0 Å². The summed E-state index contributed by atoms with van der Waals surface area (Å²) in [7, 11) is 0. The molecular weight excluding hydrogens is 889 g/mol. The summed E-state index contributed by atoms with van der Waals surface area (Å²) in [5.74, 6) is -0.855. The van der Waals surface area contributed by atoms with E-state index in [0.717, 1.165) is 77.0 Å². The van der Waals surface area contributed by atoms with Crippen molar-refractivity contribution < 1.29 is 28.6 Å². The first-order valence-corrected chi connectivity index (χ1v) is 32.3. The summed E-state index contributed by atoms with van der Waals surface area (Å²) in [5, 5.41) is 0. The molecule has 1 unspecified atom stereocenters. The highest BCUT2D eigenvalue weighted by molar-refractivity contribution is 5.71. The molecular formula is C66H124O6. The summed E-state index contributed by atoms with van der Waals surface area (Å²) in [6, 6.07) is 0. The minimum Gasteiger partial charge on any atom is -0.462 e. The molecule has 0 saturated carbocycles. The zero-order valence-corrected chi connectivity index (χ0v) is 48.7. The minimum absolute atomic E-state index is 0.0695. The second-order valence-corrected chi connectivity index (χ2v) is 22.0. The number of unbranched alkanes of at least 4 members (excludes halogenated alkanes) is 45. The quantitative estimate of drug-likeness (QED) is 0.0261. The van der Waals surface area contributed by atoms with E-state index in [1.165, 1.54) is 244 Å². The maximum atomic E-state index is 12.9. The number of ether oxygens (including phenoxy) is 3. The van der Waals surface area contributed by atoms with Gasteiger partial charge in [0, 0.05) is 19.3 Å². The van der Waals surface area contributed by atoms with Crippen LogP contribution in [-0.2, 0) is 28.6 Å². The Morgan fingerprint density at radius 1 is 0.278 bits per heavy atom. The fourth-order valence-electron chi connectivity index (χ4n) is 9.83. The number of rotatable bonds is 60. The average Bonchev–Trinajstić information content (AvgIpc) is 3.38. The molecule has 72 heavy (non-hydrogen) atoms. The van der Waals surface area contributed by atoms with E-state index in [1.807, 2.05) is 0 Å². The van der Waals surface area contributed by atoms with E-state index in [4.69, 9.17) is 14.2 Å². The third-order valence-corrected chi connectivity index (χ3v) is 14.7. The van der Waals surface area contributed by atoms with Gasteiger partial charge in [-0.25, -0.2) is 0 Å². The van der Waals surface area contributed by atoms with Crippen LogP contribution in [0.1, 0.15) is 361 Å². The van der Waals surface area contributed by atoms with E-state index in [0.29, 0.717) is 19.3 Å². The van der Waals surface area contributed by atoms with Crippen LogP contribution in [0.5, 0.6) is 0 Å². The molecule has 0 aliphatic carbocycles. The van der Waals surface area contributed by atoms with Gasteiger partial charge in [-0.1, -0.05) is 315 Å². The molecule has 1 atom stereocenters. The Labute approximate surface area is 449 Å².